The lowest BCUT2D eigenvalue weighted by Crippen LogP contribution is -2.35. The highest BCUT2D eigenvalue weighted by molar-refractivity contribution is 6.30. The largest absolute Gasteiger partial charge is 0.451 e. The van der Waals surface area contributed by atoms with Gasteiger partial charge in [0, 0.05) is 28.4 Å². The zero-order valence-electron chi connectivity index (χ0n) is 14.7. The Morgan fingerprint density at radius 3 is 2.57 bits per heavy atom. The van der Waals surface area contributed by atoms with Gasteiger partial charge in [-0.3, -0.25) is 24.5 Å². The molecule has 0 spiro atoms. The van der Waals surface area contributed by atoms with Crippen LogP contribution >= 0.6 is 11.6 Å². The number of halogens is 1. The van der Waals surface area contributed by atoms with Gasteiger partial charge in [-0.25, -0.2) is 0 Å². The fourth-order valence-corrected chi connectivity index (χ4v) is 2.31. The van der Waals surface area contributed by atoms with E-state index in [9.17, 15) is 24.5 Å². The number of non-ortho nitro benzene ring substituents is 1. The van der Waals surface area contributed by atoms with E-state index in [0.29, 0.717) is 10.7 Å². The van der Waals surface area contributed by atoms with Gasteiger partial charge in [-0.1, -0.05) is 23.7 Å². The van der Waals surface area contributed by atoms with Crippen LogP contribution in [-0.4, -0.2) is 35.4 Å². The van der Waals surface area contributed by atoms with E-state index in [1.807, 2.05) is 0 Å². The summed E-state index contributed by atoms with van der Waals surface area (Å²) < 4.78 is 4.96. The second-order valence-corrected chi connectivity index (χ2v) is 6.06. The Morgan fingerprint density at radius 2 is 1.89 bits per heavy atom. The third kappa shape index (κ3) is 6.06. The quantitative estimate of drug-likeness (QED) is 0.414. The van der Waals surface area contributed by atoms with E-state index < -0.39 is 35.4 Å². The number of hydrogen-bond acceptors (Lipinski definition) is 6. The van der Waals surface area contributed by atoms with Crippen molar-refractivity contribution in [3.63, 3.8) is 0 Å². The number of ether oxygens (including phenoxy) is 1. The standard InChI is InChI=1S/C18H16ClN3O6/c1-11(17(24)21-14-6-3-5-13(19)9-14)28-16(23)10-20-18(25)12-4-2-7-15(8-12)22(26)27/h2-9,11H,10H2,1H3,(H,20,25)(H,21,24)/t11-/m1/s1. The van der Waals surface area contributed by atoms with Gasteiger partial charge in [-0.05, 0) is 31.2 Å². The molecule has 0 radical (unpaired) electrons. The molecule has 2 rings (SSSR count). The van der Waals surface area contributed by atoms with Gasteiger partial charge in [-0.2, -0.15) is 0 Å². The highest BCUT2D eigenvalue weighted by atomic mass is 35.5. The normalized spacial score (nSPS) is 11.2. The fraction of sp³-hybridized carbons (Fsp3) is 0.167. The third-order valence-corrected chi connectivity index (χ3v) is 3.72. The van der Waals surface area contributed by atoms with Crippen molar-refractivity contribution in [1.82, 2.24) is 5.32 Å². The maximum absolute atomic E-state index is 12.0. The maximum atomic E-state index is 12.0. The van der Waals surface area contributed by atoms with Crippen LogP contribution < -0.4 is 10.6 Å². The molecule has 2 N–H and O–H groups in total. The number of hydrogen-bond donors (Lipinski definition) is 2. The van der Waals surface area contributed by atoms with Gasteiger partial charge in [0.05, 0.1) is 4.92 Å². The van der Waals surface area contributed by atoms with Crippen molar-refractivity contribution in [3.8, 4) is 0 Å². The van der Waals surface area contributed by atoms with Crippen molar-refractivity contribution in [2.75, 3.05) is 11.9 Å². The van der Waals surface area contributed by atoms with E-state index in [4.69, 9.17) is 16.3 Å². The second-order valence-electron chi connectivity index (χ2n) is 5.62. The first-order valence-electron chi connectivity index (χ1n) is 8.05. The first-order chi connectivity index (χ1) is 13.3. The van der Waals surface area contributed by atoms with E-state index in [1.54, 1.807) is 18.2 Å². The topological polar surface area (TPSA) is 128 Å². The molecule has 0 heterocycles. The van der Waals surface area contributed by atoms with Gasteiger partial charge in [-0.15, -0.1) is 0 Å². The van der Waals surface area contributed by atoms with Crippen LogP contribution in [0.1, 0.15) is 17.3 Å². The van der Waals surface area contributed by atoms with Crippen LogP contribution in [0.25, 0.3) is 0 Å². The lowest BCUT2D eigenvalue weighted by Gasteiger charge is -2.14. The van der Waals surface area contributed by atoms with E-state index >= 15 is 0 Å². The number of benzene rings is 2. The number of esters is 1. The minimum absolute atomic E-state index is 0.0220. The monoisotopic (exact) mass is 405 g/mol. The molecule has 10 heteroatoms. The summed E-state index contributed by atoms with van der Waals surface area (Å²) in [5.41, 5.74) is 0.217. The molecule has 0 aliphatic rings. The molecule has 2 aromatic carbocycles. The predicted octanol–water partition coefficient (Wildman–Crippen LogP) is 2.55. The number of nitro benzene ring substituents is 1. The zero-order chi connectivity index (χ0) is 20.7. The average molecular weight is 406 g/mol. The Morgan fingerprint density at radius 1 is 1.18 bits per heavy atom. The Bertz CT molecular complexity index is 918. The van der Waals surface area contributed by atoms with Crippen LogP contribution in [-0.2, 0) is 14.3 Å². The number of nitrogens with one attached hydrogen (secondary N) is 2. The molecule has 28 heavy (non-hydrogen) atoms. The number of rotatable bonds is 7. The fourth-order valence-electron chi connectivity index (χ4n) is 2.12. The number of carbonyl (C=O) groups is 3. The summed E-state index contributed by atoms with van der Waals surface area (Å²) in [6.07, 6.45) is -1.11. The maximum Gasteiger partial charge on any atom is 0.326 e. The Hall–Kier alpha value is -3.46. The zero-order valence-corrected chi connectivity index (χ0v) is 15.4. The SMILES string of the molecule is C[C@@H](OC(=O)CNC(=O)c1cccc([N+](=O)[O-])c1)C(=O)Nc1cccc(Cl)c1. The molecule has 9 nitrogen and oxygen atoms in total. The number of amides is 2. The van der Waals surface area contributed by atoms with E-state index in [1.165, 1.54) is 31.2 Å². The van der Waals surface area contributed by atoms with Gasteiger partial charge in [0.15, 0.2) is 6.10 Å². The summed E-state index contributed by atoms with van der Waals surface area (Å²) in [5, 5.41) is 16.0. The van der Waals surface area contributed by atoms with E-state index in [0.717, 1.165) is 6.07 Å². The molecule has 0 saturated carbocycles. The summed E-state index contributed by atoms with van der Waals surface area (Å²) in [4.78, 5) is 45.9. The number of nitro groups is 1. The number of nitrogens with zero attached hydrogens (tertiary/aromatic N) is 1. The smallest absolute Gasteiger partial charge is 0.326 e. The number of carbonyl (C=O) groups excluding carboxylic acids is 3. The van der Waals surface area contributed by atoms with Crippen LogP contribution in [0.4, 0.5) is 11.4 Å². The molecule has 0 bridgehead atoms. The van der Waals surface area contributed by atoms with Gasteiger partial charge >= 0.3 is 5.97 Å². The van der Waals surface area contributed by atoms with Crippen molar-refractivity contribution in [3.05, 3.63) is 69.2 Å². The molecule has 0 aliphatic heterocycles. The highest BCUT2D eigenvalue weighted by Crippen LogP contribution is 2.15. The first-order valence-corrected chi connectivity index (χ1v) is 8.42. The van der Waals surface area contributed by atoms with Gasteiger partial charge in [0.25, 0.3) is 17.5 Å². The van der Waals surface area contributed by atoms with Crippen LogP contribution in [0.2, 0.25) is 5.02 Å². The minimum atomic E-state index is -1.11. The Kier molecular flexibility index (Phi) is 7.05. The van der Waals surface area contributed by atoms with Gasteiger partial charge in [0.2, 0.25) is 0 Å². The molecular formula is C18H16ClN3O6. The van der Waals surface area contributed by atoms with Crippen LogP contribution in [0, 0.1) is 10.1 Å². The lowest BCUT2D eigenvalue weighted by molar-refractivity contribution is -0.384. The van der Waals surface area contributed by atoms with Crippen LogP contribution in [0.15, 0.2) is 48.5 Å². The molecule has 0 unspecified atom stereocenters. The molecule has 2 aromatic rings. The molecule has 0 aromatic heterocycles. The molecule has 0 fully saturated rings. The molecule has 146 valence electrons. The molecule has 0 saturated heterocycles. The highest BCUT2D eigenvalue weighted by Gasteiger charge is 2.19. The average Bonchev–Trinajstić information content (AvgIpc) is 2.66. The first kappa shape index (κ1) is 20.8. The summed E-state index contributed by atoms with van der Waals surface area (Å²) >= 11 is 5.83. The van der Waals surface area contributed by atoms with E-state index in [-0.39, 0.29) is 11.3 Å². The van der Waals surface area contributed by atoms with E-state index in [2.05, 4.69) is 10.6 Å². The molecular weight excluding hydrogens is 390 g/mol. The van der Waals surface area contributed by atoms with Crippen molar-refractivity contribution in [2.24, 2.45) is 0 Å². The molecule has 0 aliphatic carbocycles. The van der Waals surface area contributed by atoms with Crippen molar-refractivity contribution in [2.45, 2.75) is 13.0 Å². The van der Waals surface area contributed by atoms with Gasteiger partial charge < -0.3 is 15.4 Å². The van der Waals surface area contributed by atoms with Crippen LogP contribution in [0.5, 0.6) is 0 Å². The summed E-state index contributed by atoms with van der Waals surface area (Å²) in [6.45, 7) is 0.871. The van der Waals surface area contributed by atoms with Crippen molar-refractivity contribution in [1.29, 1.82) is 0 Å². The molecule has 2 amide bonds. The van der Waals surface area contributed by atoms with Gasteiger partial charge in [0.1, 0.15) is 6.54 Å². The minimum Gasteiger partial charge on any atom is -0.451 e. The Labute approximate surface area is 164 Å². The van der Waals surface area contributed by atoms with Crippen molar-refractivity contribution < 1.29 is 24.0 Å². The summed E-state index contributed by atoms with van der Waals surface area (Å²) in [7, 11) is 0. The Balaban J connectivity index is 1.84. The number of anilines is 1. The third-order valence-electron chi connectivity index (χ3n) is 3.48. The molecule has 1 atom stereocenters. The van der Waals surface area contributed by atoms with Crippen molar-refractivity contribution >= 4 is 40.8 Å². The summed E-state index contributed by atoms with van der Waals surface area (Å²) in [6, 6.07) is 11.5. The van der Waals surface area contributed by atoms with Crippen LogP contribution in [0.3, 0.4) is 0 Å². The predicted molar refractivity (Wildman–Crippen MR) is 101 cm³/mol. The second kappa shape index (κ2) is 9.47. The summed E-state index contributed by atoms with van der Waals surface area (Å²) in [5.74, 6) is -2.09. The lowest BCUT2D eigenvalue weighted by atomic mass is 10.2.